The average Bonchev–Trinajstić information content (AvgIpc) is 3.35. The van der Waals surface area contributed by atoms with Crippen molar-refractivity contribution in [2.24, 2.45) is 0 Å². The molecule has 1 aliphatic rings. The molecular weight excluding hydrogens is 739 g/mol. The molecule has 3 aromatic rings. The molecule has 0 aromatic heterocycles. The number of rotatable bonds is 16. The van der Waals surface area contributed by atoms with Gasteiger partial charge in [0.2, 0.25) is 5.75 Å². The van der Waals surface area contributed by atoms with E-state index >= 15 is 4.39 Å². The van der Waals surface area contributed by atoms with Crippen molar-refractivity contribution in [3.63, 3.8) is 0 Å². The third kappa shape index (κ3) is 11.2. The van der Waals surface area contributed by atoms with Gasteiger partial charge >= 0.3 is 12.1 Å². The molecule has 2 atom stereocenters. The molecule has 1 heterocycles. The summed E-state index contributed by atoms with van der Waals surface area (Å²) in [5, 5.41) is 4.23. The molecule has 1 amide bonds. The molecule has 1 saturated heterocycles. The highest BCUT2D eigenvalue weighted by molar-refractivity contribution is 6.11. The number of ketones is 1. The van der Waals surface area contributed by atoms with Crippen LogP contribution in [0.15, 0.2) is 48.5 Å². The normalized spacial score (nSPS) is 15.8. The Kier molecular flexibility index (Phi) is 15.2. The van der Waals surface area contributed by atoms with Crippen LogP contribution in [0.5, 0.6) is 28.7 Å². The second kappa shape index (κ2) is 19.8. The van der Waals surface area contributed by atoms with Crippen LogP contribution in [0.2, 0.25) is 0 Å². The number of nitrogens with one attached hydrogen (secondary N) is 1. The van der Waals surface area contributed by atoms with Crippen LogP contribution in [-0.4, -0.2) is 109 Å². The Morgan fingerprint density at radius 3 is 1.96 bits per heavy atom. The Labute approximate surface area is 323 Å². The number of carbonyl (C=O) groups is 4. The van der Waals surface area contributed by atoms with Gasteiger partial charge in [-0.1, -0.05) is 12.1 Å². The number of amides is 1. The fourth-order valence-corrected chi connectivity index (χ4v) is 5.62. The van der Waals surface area contributed by atoms with E-state index in [-0.39, 0.29) is 84.1 Å². The van der Waals surface area contributed by atoms with Crippen molar-refractivity contribution >= 4 is 23.8 Å². The Morgan fingerprint density at radius 2 is 1.38 bits per heavy atom. The number of hydrogen-bond donors (Lipinski definition) is 1. The number of esters is 1. The molecule has 56 heavy (non-hydrogen) atoms. The number of carbonyl (C=O) groups excluding carboxylic acids is 4. The summed E-state index contributed by atoms with van der Waals surface area (Å²) in [5.41, 5.74) is -0.954. The molecule has 3 aromatic carbocycles. The number of methoxy groups -OCH3 is 5. The first-order chi connectivity index (χ1) is 26.7. The van der Waals surface area contributed by atoms with Crippen LogP contribution in [-0.2, 0) is 23.8 Å². The first-order valence-corrected chi connectivity index (χ1v) is 17.4. The zero-order valence-electron chi connectivity index (χ0n) is 32.6. The van der Waals surface area contributed by atoms with Crippen LogP contribution >= 0.6 is 0 Å². The van der Waals surface area contributed by atoms with E-state index in [1.54, 1.807) is 20.8 Å². The number of halogens is 1. The molecule has 4 rings (SSSR count). The molecule has 0 unspecified atom stereocenters. The van der Waals surface area contributed by atoms with Crippen LogP contribution in [0.3, 0.4) is 0 Å². The smallest absolute Gasteiger partial charge is 0.494 e. The quantitative estimate of drug-likeness (QED) is 0.112. The minimum absolute atomic E-state index is 0.0509. The molecule has 1 N–H and O–H groups in total. The highest BCUT2D eigenvalue weighted by atomic mass is 19.1. The Bertz CT molecular complexity index is 1820. The molecule has 1 aliphatic heterocycles. The third-order valence-corrected chi connectivity index (χ3v) is 8.19. The van der Waals surface area contributed by atoms with Gasteiger partial charge in [0.15, 0.2) is 42.4 Å². The maximum Gasteiger partial charge on any atom is 0.528 e. The van der Waals surface area contributed by atoms with Gasteiger partial charge in [0.1, 0.15) is 23.0 Å². The van der Waals surface area contributed by atoms with Gasteiger partial charge < -0.3 is 52.8 Å². The predicted octanol–water partition coefficient (Wildman–Crippen LogP) is 5.33. The average molecular weight is 787 g/mol. The fourth-order valence-electron chi connectivity index (χ4n) is 5.62. The van der Waals surface area contributed by atoms with Gasteiger partial charge in [-0.05, 0) is 70.0 Å². The van der Waals surface area contributed by atoms with Crippen molar-refractivity contribution < 1.29 is 71.0 Å². The van der Waals surface area contributed by atoms with Crippen molar-refractivity contribution in [2.75, 3.05) is 62.2 Å². The second-order valence-electron chi connectivity index (χ2n) is 13.3. The molecule has 0 aliphatic carbocycles. The first-order valence-electron chi connectivity index (χ1n) is 17.4. The Hall–Kier alpha value is -5.65. The minimum atomic E-state index is -0.944. The van der Waals surface area contributed by atoms with Crippen molar-refractivity contribution in [3.8, 4) is 28.7 Å². The molecule has 304 valence electrons. The Balaban J connectivity index is 1.59. The number of hydroxylamine groups is 2. The zero-order chi connectivity index (χ0) is 41.0. The van der Waals surface area contributed by atoms with Gasteiger partial charge in [0.25, 0.3) is 5.91 Å². The summed E-state index contributed by atoms with van der Waals surface area (Å²) in [6.07, 6.45) is -1.20. The summed E-state index contributed by atoms with van der Waals surface area (Å²) in [4.78, 5) is 59.0. The summed E-state index contributed by atoms with van der Waals surface area (Å²) in [6.45, 7) is 4.89. The van der Waals surface area contributed by atoms with Crippen molar-refractivity contribution in [1.29, 1.82) is 0 Å². The van der Waals surface area contributed by atoms with E-state index in [0.717, 1.165) is 0 Å². The molecule has 0 bridgehead atoms. The highest BCUT2D eigenvalue weighted by Gasteiger charge is 2.35. The number of benzene rings is 3. The van der Waals surface area contributed by atoms with Crippen LogP contribution in [0.25, 0.3) is 0 Å². The van der Waals surface area contributed by atoms with E-state index in [1.807, 2.05) is 0 Å². The summed E-state index contributed by atoms with van der Waals surface area (Å²) in [5.74, 6) is -2.63. The lowest BCUT2D eigenvalue weighted by Gasteiger charge is -2.29. The molecule has 17 heteroatoms. The van der Waals surface area contributed by atoms with Crippen LogP contribution in [0.1, 0.15) is 70.3 Å². The van der Waals surface area contributed by atoms with E-state index in [9.17, 15) is 19.2 Å². The van der Waals surface area contributed by atoms with Gasteiger partial charge in [-0.15, -0.1) is 5.06 Å². The molecule has 0 radical (unpaired) electrons. The lowest BCUT2D eigenvalue weighted by atomic mass is 10.00. The molecular formula is C39H47FN2O14. The second-order valence-corrected chi connectivity index (χ2v) is 13.3. The van der Waals surface area contributed by atoms with Crippen LogP contribution in [0, 0.1) is 5.82 Å². The molecule has 1 fully saturated rings. The van der Waals surface area contributed by atoms with E-state index in [4.69, 9.17) is 47.5 Å². The lowest BCUT2D eigenvalue weighted by Crippen LogP contribution is -2.50. The summed E-state index contributed by atoms with van der Waals surface area (Å²) >= 11 is 0. The van der Waals surface area contributed by atoms with Gasteiger partial charge in [-0.2, -0.15) is 0 Å². The van der Waals surface area contributed by atoms with Crippen LogP contribution in [0.4, 0.5) is 9.18 Å². The third-order valence-electron chi connectivity index (χ3n) is 8.19. The van der Waals surface area contributed by atoms with E-state index in [1.165, 1.54) is 89.1 Å². The van der Waals surface area contributed by atoms with Gasteiger partial charge in [-0.3, -0.25) is 9.59 Å². The molecule has 16 nitrogen and oxygen atoms in total. The van der Waals surface area contributed by atoms with Gasteiger partial charge in [0.05, 0.1) is 39.5 Å². The van der Waals surface area contributed by atoms with E-state index in [2.05, 4.69) is 5.32 Å². The molecule has 0 spiro atoms. The predicted molar refractivity (Wildman–Crippen MR) is 196 cm³/mol. The minimum Gasteiger partial charge on any atom is -0.494 e. The number of nitrogens with zero attached hydrogens (tertiary/aromatic N) is 1. The topological polar surface area (TPSA) is 176 Å². The number of ether oxygens (including phenoxy) is 9. The number of hydrogen-bond acceptors (Lipinski definition) is 15. The Morgan fingerprint density at radius 1 is 0.786 bits per heavy atom. The highest BCUT2D eigenvalue weighted by Crippen LogP contribution is 2.39. The van der Waals surface area contributed by atoms with E-state index in [0.29, 0.717) is 6.42 Å². The first kappa shape index (κ1) is 43.1. The SMILES string of the molecule is COCOc1ccc(OC)c(F)c1C(=O)c1ccc(C(=O)O[C@@H]2CCCN(OC(=O)OC(C)(C)C)C[C@H]2NC(=O)c2cc(OC)c(OCOC)c(OC)c2)cc1. The largest absolute Gasteiger partial charge is 0.528 e. The van der Waals surface area contributed by atoms with Crippen molar-refractivity contribution in [3.05, 3.63) is 76.6 Å². The molecule has 0 saturated carbocycles. The fraction of sp³-hybridized carbons (Fsp3) is 0.436. The maximum atomic E-state index is 15.3. The lowest BCUT2D eigenvalue weighted by molar-refractivity contribution is -0.144. The summed E-state index contributed by atoms with van der Waals surface area (Å²) in [7, 11) is 6.90. The van der Waals surface area contributed by atoms with E-state index < -0.39 is 47.4 Å². The van der Waals surface area contributed by atoms with Gasteiger partial charge in [-0.25, -0.2) is 14.0 Å². The summed E-state index contributed by atoms with van der Waals surface area (Å²) < 4.78 is 63.4. The summed E-state index contributed by atoms with van der Waals surface area (Å²) in [6, 6.07) is 10.1. The van der Waals surface area contributed by atoms with Crippen molar-refractivity contribution in [1.82, 2.24) is 10.4 Å². The van der Waals surface area contributed by atoms with Crippen LogP contribution < -0.4 is 29.0 Å². The zero-order valence-corrected chi connectivity index (χ0v) is 32.6. The standard InChI is InChI=1S/C39H47FN2O14/c1-39(2,3)55-38(46)56-42-17-9-10-27(26(20-42)41-36(44)25-18-30(50-7)35(53-22-48-5)31(19-25)51-8)54-37(45)24-13-11-23(12-14-24)34(43)32-28(52-21-47-4)15-16-29(49-6)33(32)40/h11-16,18-19,26-27H,9-10,17,20-22H2,1-8H3,(H,41,44)/t26-,27-/m1/s1. The van der Waals surface area contributed by atoms with Gasteiger partial charge in [0, 0.05) is 31.9 Å². The maximum absolute atomic E-state index is 15.3. The van der Waals surface area contributed by atoms with Crippen molar-refractivity contribution in [2.45, 2.75) is 51.4 Å². The monoisotopic (exact) mass is 786 g/mol.